The fourth-order valence-electron chi connectivity index (χ4n) is 1.61. The Morgan fingerprint density at radius 3 is 2.93 bits per heavy atom. The van der Waals surface area contributed by atoms with Crippen molar-refractivity contribution in [2.45, 2.75) is 0 Å². The molecule has 3 aromatic rings. The summed E-state index contributed by atoms with van der Waals surface area (Å²) in [5.74, 6) is 0.811. The first-order valence-corrected chi connectivity index (χ1v) is 4.40. The lowest BCUT2D eigenvalue weighted by Crippen LogP contribution is -1.90. The quantitative estimate of drug-likeness (QED) is 0.582. The monoisotopic (exact) mass is 184 g/mol. The molecule has 1 aromatic carbocycles. The topological polar surface area (TPSA) is 31.0 Å². The van der Waals surface area contributed by atoms with Crippen LogP contribution in [0.3, 0.4) is 0 Å². The third-order valence-corrected chi connectivity index (χ3v) is 2.27. The van der Waals surface area contributed by atoms with E-state index in [0.29, 0.717) is 0 Å². The van der Waals surface area contributed by atoms with Crippen LogP contribution in [-0.2, 0) is 0 Å². The highest BCUT2D eigenvalue weighted by atomic mass is 16.3. The highest BCUT2D eigenvalue weighted by Crippen LogP contribution is 2.18. The lowest BCUT2D eigenvalue weighted by atomic mass is 10.2. The summed E-state index contributed by atoms with van der Waals surface area (Å²) in [6.45, 7) is 0. The maximum atomic E-state index is 4.96. The Morgan fingerprint density at radius 2 is 2.07 bits per heavy atom. The van der Waals surface area contributed by atoms with Gasteiger partial charge in [-0.2, -0.15) is 4.98 Å². The largest absolute Gasteiger partial charge is 0.449 e. The molecule has 0 atom stereocenters. The van der Waals surface area contributed by atoms with Crippen molar-refractivity contribution >= 4 is 10.9 Å². The highest BCUT2D eigenvalue weighted by molar-refractivity contribution is 5.81. The third kappa shape index (κ3) is 0.956. The Bertz CT molecular complexity index is 551. The average Bonchev–Trinajstić information content (AvgIpc) is 2.85. The molecule has 0 unspecified atom stereocenters. The summed E-state index contributed by atoms with van der Waals surface area (Å²) in [4.78, 5) is 4.11. The summed E-state index contributed by atoms with van der Waals surface area (Å²) < 4.78 is 6.95. The van der Waals surface area contributed by atoms with Gasteiger partial charge in [0.15, 0.2) is 12.2 Å². The van der Waals surface area contributed by atoms with Crippen molar-refractivity contribution in [3.63, 3.8) is 0 Å². The first-order valence-electron chi connectivity index (χ1n) is 4.40. The van der Waals surface area contributed by atoms with Crippen molar-refractivity contribution in [3.05, 3.63) is 49.2 Å². The van der Waals surface area contributed by atoms with E-state index in [1.807, 2.05) is 22.9 Å². The van der Waals surface area contributed by atoms with Gasteiger partial charge < -0.3 is 4.42 Å². The zero-order chi connectivity index (χ0) is 9.38. The fraction of sp³-hybridized carbons (Fsp3) is 0. The Hall–Kier alpha value is -2.03. The molecular formula is C11H8N2O. The van der Waals surface area contributed by atoms with Gasteiger partial charge in [-0.05, 0) is 17.5 Å². The van der Waals surface area contributed by atoms with E-state index in [1.165, 1.54) is 11.8 Å². The smallest absolute Gasteiger partial charge is 0.182 e. The standard InChI is InChI=1S/C11H8N2O/c1-2-4-10-9(3-1)5-6-13(10)11-7-14-8-12-11/h1-8H. The maximum absolute atomic E-state index is 4.96. The summed E-state index contributed by atoms with van der Waals surface area (Å²) in [6.07, 6.45) is 5.05. The second kappa shape index (κ2) is 2.73. The molecule has 14 heavy (non-hydrogen) atoms. The van der Waals surface area contributed by atoms with Crippen LogP contribution in [0.1, 0.15) is 0 Å². The lowest BCUT2D eigenvalue weighted by molar-refractivity contribution is 0.557. The van der Waals surface area contributed by atoms with Crippen LogP contribution in [0.4, 0.5) is 0 Å². The van der Waals surface area contributed by atoms with E-state index >= 15 is 0 Å². The molecule has 0 spiro atoms. The molecule has 0 aliphatic carbocycles. The van der Waals surface area contributed by atoms with Gasteiger partial charge in [-0.25, -0.2) is 0 Å². The molecule has 0 radical (unpaired) electrons. The number of aromatic nitrogens is 2. The molecule has 0 saturated heterocycles. The van der Waals surface area contributed by atoms with Crippen molar-refractivity contribution in [1.29, 1.82) is 0 Å². The van der Waals surface area contributed by atoms with Gasteiger partial charge in [0.05, 0.1) is 5.52 Å². The van der Waals surface area contributed by atoms with Crippen molar-refractivity contribution in [2.24, 2.45) is 0 Å². The normalized spacial score (nSPS) is 10.9. The van der Waals surface area contributed by atoms with Crippen LogP contribution in [-0.4, -0.2) is 9.55 Å². The van der Waals surface area contributed by atoms with E-state index in [1.54, 1.807) is 6.26 Å². The van der Waals surface area contributed by atoms with Gasteiger partial charge >= 0.3 is 0 Å². The Kier molecular flexibility index (Phi) is 1.44. The van der Waals surface area contributed by atoms with E-state index in [0.717, 1.165) is 11.3 Å². The first-order chi connectivity index (χ1) is 6.95. The van der Waals surface area contributed by atoms with Gasteiger partial charge in [-0.15, -0.1) is 0 Å². The van der Waals surface area contributed by atoms with Crippen LogP contribution in [0.15, 0.2) is 53.6 Å². The molecule has 2 aromatic heterocycles. The Morgan fingerprint density at radius 1 is 1.14 bits per heavy atom. The zero-order valence-corrected chi connectivity index (χ0v) is 7.42. The number of oxazole rings is 1. The van der Waals surface area contributed by atoms with E-state index in [9.17, 15) is 0 Å². The molecule has 3 rings (SSSR count). The second-order valence-corrected chi connectivity index (χ2v) is 3.09. The van der Waals surface area contributed by atoms with Crippen LogP contribution in [0.2, 0.25) is 0 Å². The van der Waals surface area contributed by atoms with Crippen LogP contribution in [0.5, 0.6) is 0 Å². The summed E-state index contributed by atoms with van der Waals surface area (Å²) in [7, 11) is 0. The highest BCUT2D eigenvalue weighted by Gasteiger charge is 2.03. The van der Waals surface area contributed by atoms with Crippen LogP contribution in [0, 0.1) is 0 Å². The molecule has 0 aliphatic rings. The first kappa shape index (κ1) is 7.38. The number of rotatable bonds is 1. The van der Waals surface area contributed by atoms with Gasteiger partial charge in [0.1, 0.15) is 6.26 Å². The number of nitrogens with zero attached hydrogens (tertiary/aromatic N) is 2. The van der Waals surface area contributed by atoms with Gasteiger partial charge in [0.25, 0.3) is 0 Å². The van der Waals surface area contributed by atoms with E-state index in [-0.39, 0.29) is 0 Å². The maximum Gasteiger partial charge on any atom is 0.182 e. The molecular weight excluding hydrogens is 176 g/mol. The minimum Gasteiger partial charge on any atom is -0.449 e. The SMILES string of the molecule is c1ccc2c(c1)ccn2-c1cocn1. The molecule has 0 fully saturated rings. The van der Waals surface area contributed by atoms with E-state index < -0.39 is 0 Å². The number of benzene rings is 1. The Labute approximate surface area is 80.6 Å². The van der Waals surface area contributed by atoms with Gasteiger partial charge in [-0.1, -0.05) is 18.2 Å². The lowest BCUT2D eigenvalue weighted by Gasteiger charge is -1.98. The number of hydrogen-bond acceptors (Lipinski definition) is 2. The van der Waals surface area contributed by atoms with E-state index in [2.05, 4.69) is 23.2 Å². The van der Waals surface area contributed by atoms with Gasteiger partial charge in [-0.3, -0.25) is 4.57 Å². The molecule has 0 amide bonds. The zero-order valence-electron chi connectivity index (χ0n) is 7.42. The molecule has 2 heterocycles. The number of hydrogen-bond donors (Lipinski definition) is 0. The van der Waals surface area contributed by atoms with Gasteiger partial charge in [0.2, 0.25) is 0 Å². The summed E-state index contributed by atoms with van der Waals surface area (Å²) in [6, 6.07) is 10.2. The van der Waals surface area contributed by atoms with Crippen LogP contribution < -0.4 is 0 Å². The molecule has 3 nitrogen and oxygen atoms in total. The van der Waals surface area contributed by atoms with Gasteiger partial charge in [0, 0.05) is 6.20 Å². The van der Waals surface area contributed by atoms with Crippen molar-refractivity contribution in [3.8, 4) is 5.82 Å². The predicted molar refractivity (Wildman–Crippen MR) is 53.3 cm³/mol. The minimum atomic E-state index is 0.811. The molecule has 0 N–H and O–H groups in total. The summed E-state index contributed by atoms with van der Waals surface area (Å²) in [5.41, 5.74) is 1.14. The number of fused-ring (bicyclic) bond motifs is 1. The molecule has 0 saturated carbocycles. The minimum absolute atomic E-state index is 0.811. The molecule has 0 aliphatic heterocycles. The Balaban J connectivity index is 2.33. The fourth-order valence-corrected chi connectivity index (χ4v) is 1.61. The summed E-state index contributed by atoms with van der Waals surface area (Å²) in [5, 5.41) is 1.20. The van der Waals surface area contributed by atoms with Crippen molar-refractivity contribution in [1.82, 2.24) is 9.55 Å². The number of para-hydroxylation sites is 1. The van der Waals surface area contributed by atoms with E-state index in [4.69, 9.17) is 4.42 Å². The molecule has 3 heteroatoms. The van der Waals surface area contributed by atoms with Crippen molar-refractivity contribution in [2.75, 3.05) is 0 Å². The summed E-state index contributed by atoms with van der Waals surface area (Å²) >= 11 is 0. The van der Waals surface area contributed by atoms with Crippen LogP contribution in [0.25, 0.3) is 16.7 Å². The van der Waals surface area contributed by atoms with Crippen LogP contribution >= 0.6 is 0 Å². The third-order valence-electron chi connectivity index (χ3n) is 2.27. The van der Waals surface area contributed by atoms with Crippen molar-refractivity contribution < 1.29 is 4.42 Å². The predicted octanol–water partition coefficient (Wildman–Crippen LogP) is 2.62. The molecule has 0 bridgehead atoms. The molecule has 68 valence electrons. The second-order valence-electron chi connectivity index (χ2n) is 3.09. The average molecular weight is 184 g/mol.